The molecule has 0 unspecified atom stereocenters. The third kappa shape index (κ3) is 4.26. The molecule has 6 heteroatoms. The predicted octanol–water partition coefficient (Wildman–Crippen LogP) is 0.692. The molecule has 0 bridgehead atoms. The lowest BCUT2D eigenvalue weighted by atomic mass is 10.2. The van der Waals surface area contributed by atoms with Crippen molar-refractivity contribution < 1.29 is 14.7 Å². The van der Waals surface area contributed by atoms with E-state index in [-0.39, 0.29) is 18.7 Å². The number of nitrogens with zero attached hydrogens (tertiary/aromatic N) is 2. The first kappa shape index (κ1) is 13.2. The fourth-order valence-corrected chi connectivity index (χ4v) is 1.40. The molecule has 0 aliphatic carbocycles. The van der Waals surface area contributed by atoms with E-state index in [1.54, 1.807) is 4.68 Å². The van der Waals surface area contributed by atoms with Crippen LogP contribution in [0, 0.1) is 6.92 Å². The SMILES string of the molecule is CCn1cc(CNC(=O)CCC(=O)O)c(C)n1. The zero-order valence-electron chi connectivity index (χ0n) is 10.1. The van der Waals surface area contributed by atoms with Crippen LogP contribution in [0.1, 0.15) is 31.0 Å². The largest absolute Gasteiger partial charge is 0.481 e. The molecule has 0 aliphatic rings. The average Bonchev–Trinajstić information content (AvgIpc) is 2.64. The second-order valence-corrected chi connectivity index (χ2v) is 3.77. The van der Waals surface area contributed by atoms with E-state index < -0.39 is 5.97 Å². The molecule has 0 radical (unpaired) electrons. The van der Waals surface area contributed by atoms with Crippen LogP contribution in [0.3, 0.4) is 0 Å². The molecule has 0 aromatic carbocycles. The number of carboxylic acids is 1. The van der Waals surface area contributed by atoms with Gasteiger partial charge in [-0.1, -0.05) is 0 Å². The Hall–Kier alpha value is -1.85. The minimum Gasteiger partial charge on any atom is -0.481 e. The molecule has 1 amide bonds. The van der Waals surface area contributed by atoms with Crippen molar-refractivity contribution in [3.8, 4) is 0 Å². The number of nitrogens with one attached hydrogen (secondary N) is 1. The number of amides is 1. The van der Waals surface area contributed by atoms with E-state index >= 15 is 0 Å². The Kier molecular flexibility index (Phi) is 4.68. The molecule has 0 fully saturated rings. The molecule has 2 N–H and O–H groups in total. The highest BCUT2D eigenvalue weighted by Crippen LogP contribution is 2.05. The number of carboxylic acid groups (broad SMARTS) is 1. The summed E-state index contributed by atoms with van der Waals surface area (Å²) in [7, 11) is 0. The molecule has 17 heavy (non-hydrogen) atoms. The lowest BCUT2D eigenvalue weighted by Crippen LogP contribution is -2.23. The summed E-state index contributed by atoms with van der Waals surface area (Å²) < 4.78 is 1.80. The van der Waals surface area contributed by atoms with Crippen LogP contribution in [0.5, 0.6) is 0 Å². The van der Waals surface area contributed by atoms with Crippen LogP contribution in [0.25, 0.3) is 0 Å². The van der Waals surface area contributed by atoms with E-state index in [1.807, 2.05) is 20.0 Å². The minimum absolute atomic E-state index is 0.0102. The van der Waals surface area contributed by atoms with Crippen LogP contribution in [0.2, 0.25) is 0 Å². The van der Waals surface area contributed by atoms with Gasteiger partial charge >= 0.3 is 5.97 Å². The van der Waals surface area contributed by atoms with Gasteiger partial charge in [0.2, 0.25) is 5.91 Å². The fraction of sp³-hybridized carbons (Fsp3) is 0.545. The van der Waals surface area contributed by atoms with Crippen molar-refractivity contribution in [3.63, 3.8) is 0 Å². The molecule has 1 aromatic rings. The Morgan fingerprint density at radius 3 is 2.71 bits per heavy atom. The number of hydrogen-bond acceptors (Lipinski definition) is 3. The molecule has 0 atom stereocenters. The fourth-order valence-electron chi connectivity index (χ4n) is 1.40. The van der Waals surface area contributed by atoms with E-state index in [0.29, 0.717) is 6.54 Å². The molecule has 1 aromatic heterocycles. The first-order chi connectivity index (χ1) is 8.02. The van der Waals surface area contributed by atoms with Gasteiger partial charge in [-0.15, -0.1) is 0 Å². The Morgan fingerprint density at radius 1 is 1.47 bits per heavy atom. The maximum absolute atomic E-state index is 11.3. The number of carbonyl (C=O) groups is 2. The van der Waals surface area contributed by atoms with Crippen molar-refractivity contribution in [2.45, 2.75) is 39.8 Å². The molecule has 0 saturated carbocycles. The van der Waals surface area contributed by atoms with Gasteiger partial charge in [-0.3, -0.25) is 14.3 Å². The minimum atomic E-state index is -0.963. The third-order valence-electron chi connectivity index (χ3n) is 2.41. The van der Waals surface area contributed by atoms with Crippen LogP contribution < -0.4 is 5.32 Å². The summed E-state index contributed by atoms with van der Waals surface area (Å²) in [6.07, 6.45) is 1.75. The molecular formula is C11H17N3O3. The normalized spacial score (nSPS) is 10.2. The van der Waals surface area contributed by atoms with Gasteiger partial charge in [0.25, 0.3) is 0 Å². The summed E-state index contributed by atoms with van der Waals surface area (Å²) >= 11 is 0. The van der Waals surface area contributed by atoms with Crippen LogP contribution >= 0.6 is 0 Å². The second-order valence-electron chi connectivity index (χ2n) is 3.77. The van der Waals surface area contributed by atoms with Gasteiger partial charge in [0.15, 0.2) is 0 Å². The van der Waals surface area contributed by atoms with Crippen molar-refractivity contribution in [2.24, 2.45) is 0 Å². The van der Waals surface area contributed by atoms with Gasteiger partial charge < -0.3 is 10.4 Å². The zero-order valence-corrected chi connectivity index (χ0v) is 10.1. The Balaban J connectivity index is 2.41. The molecule has 0 saturated heterocycles. The lowest BCUT2D eigenvalue weighted by Gasteiger charge is -2.02. The van der Waals surface area contributed by atoms with Crippen molar-refractivity contribution in [3.05, 3.63) is 17.5 Å². The van der Waals surface area contributed by atoms with E-state index in [9.17, 15) is 9.59 Å². The van der Waals surface area contributed by atoms with Crippen molar-refractivity contribution in [1.82, 2.24) is 15.1 Å². The topological polar surface area (TPSA) is 84.2 Å². The maximum Gasteiger partial charge on any atom is 0.303 e. The summed E-state index contributed by atoms with van der Waals surface area (Å²) in [6.45, 7) is 5.05. The highest BCUT2D eigenvalue weighted by molar-refractivity contribution is 5.80. The second kappa shape index (κ2) is 6.03. The molecule has 1 rings (SSSR count). The molecule has 0 spiro atoms. The number of hydrogen-bond donors (Lipinski definition) is 2. The van der Waals surface area contributed by atoms with Gasteiger partial charge in [-0.05, 0) is 13.8 Å². The first-order valence-electron chi connectivity index (χ1n) is 5.54. The Morgan fingerprint density at radius 2 is 2.18 bits per heavy atom. The summed E-state index contributed by atoms with van der Waals surface area (Å²) in [5.41, 5.74) is 1.83. The average molecular weight is 239 g/mol. The van der Waals surface area contributed by atoms with E-state index in [2.05, 4.69) is 10.4 Å². The molecular weight excluding hydrogens is 222 g/mol. The quantitative estimate of drug-likeness (QED) is 0.765. The third-order valence-corrected chi connectivity index (χ3v) is 2.41. The summed E-state index contributed by atoms with van der Waals surface area (Å²) in [4.78, 5) is 21.6. The van der Waals surface area contributed by atoms with Crippen molar-refractivity contribution in [1.29, 1.82) is 0 Å². The van der Waals surface area contributed by atoms with Gasteiger partial charge in [0, 0.05) is 31.3 Å². The number of aromatic nitrogens is 2. The maximum atomic E-state index is 11.3. The van der Waals surface area contributed by atoms with Gasteiger partial charge in [-0.25, -0.2) is 0 Å². The Bertz CT molecular complexity index is 412. The van der Waals surface area contributed by atoms with Crippen molar-refractivity contribution >= 4 is 11.9 Å². The summed E-state index contributed by atoms with van der Waals surface area (Å²) in [5, 5.41) is 15.4. The first-order valence-corrected chi connectivity index (χ1v) is 5.54. The standard InChI is InChI=1S/C11H17N3O3/c1-3-14-7-9(8(2)13-14)6-12-10(15)4-5-11(16)17/h7H,3-6H2,1-2H3,(H,12,15)(H,16,17). The predicted molar refractivity (Wildman–Crippen MR) is 61.4 cm³/mol. The van der Waals surface area contributed by atoms with E-state index in [0.717, 1.165) is 17.8 Å². The number of rotatable bonds is 6. The van der Waals surface area contributed by atoms with Crippen LogP contribution in [-0.2, 0) is 22.7 Å². The summed E-state index contributed by atoms with van der Waals surface area (Å²) in [5.74, 6) is -1.22. The Labute approximate surface area is 99.6 Å². The van der Waals surface area contributed by atoms with Crippen molar-refractivity contribution in [2.75, 3.05) is 0 Å². The summed E-state index contributed by atoms with van der Waals surface area (Å²) in [6, 6.07) is 0. The number of aryl methyl sites for hydroxylation is 2. The molecule has 0 aliphatic heterocycles. The van der Waals surface area contributed by atoms with Crippen LogP contribution in [0.15, 0.2) is 6.20 Å². The van der Waals surface area contributed by atoms with Gasteiger partial charge in [0.1, 0.15) is 0 Å². The smallest absolute Gasteiger partial charge is 0.303 e. The van der Waals surface area contributed by atoms with E-state index in [1.165, 1.54) is 0 Å². The van der Waals surface area contributed by atoms with Gasteiger partial charge in [0.05, 0.1) is 12.1 Å². The van der Waals surface area contributed by atoms with E-state index in [4.69, 9.17) is 5.11 Å². The molecule has 94 valence electrons. The number of aliphatic carboxylic acids is 1. The van der Waals surface area contributed by atoms with Crippen LogP contribution in [0.4, 0.5) is 0 Å². The molecule has 6 nitrogen and oxygen atoms in total. The van der Waals surface area contributed by atoms with Crippen LogP contribution in [-0.4, -0.2) is 26.8 Å². The highest BCUT2D eigenvalue weighted by atomic mass is 16.4. The number of carbonyl (C=O) groups excluding carboxylic acids is 1. The highest BCUT2D eigenvalue weighted by Gasteiger charge is 2.07. The molecule has 1 heterocycles. The zero-order chi connectivity index (χ0) is 12.8. The van der Waals surface area contributed by atoms with Gasteiger partial charge in [-0.2, -0.15) is 5.10 Å². The monoisotopic (exact) mass is 239 g/mol. The lowest BCUT2D eigenvalue weighted by molar-refractivity contribution is -0.138.